The standard InChI is InChI=1S/C17H22ClF2N5O/c1-3-21-17(22-6-7-25-11-12(2)9-24-25)23-10-13-8-14(18)4-5-15(13)26-16(19)20/h4-5,8-9,11,16H,3,6-7,10H2,1-2H3,(H2,21,22,23). The molecule has 1 heterocycles. The number of aryl methyl sites for hydroxylation is 1. The minimum Gasteiger partial charge on any atom is -0.434 e. The Balaban J connectivity index is 2.00. The summed E-state index contributed by atoms with van der Waals surface area (Å²) in [6.45, 7) is 3.13. The van der Waals surface area contributed by atoms with Crippen LogP contribution in [0.3, 0.4) is 0 Å². The molecule has 0 spiro atoms. The molecule has 0 saturated heterocycles. The molecule has 9 heteroatoms. The van der Waals surface area contributed by atoms with Gasteiger partial charge in [0.05, 0.1) is 19.3 Å². The Hall–Kier alpha value is -2.35. The van der Waals surface area contributed by atoms with Crippen LogP contribution in [0.1, 0.15) is 18.1 Å². The zero-order valence-corrected chi connectivity index (χ0v) is 15.4. The summed E-state index contributed by atoms with van der Waals surface area (Å²) in [6, 6.07) is 4.49. The monoisotopic (exact) mass is 385 g/mol. The van der Waals surface area contributed by atoms with Crippen molar-refractivity contribution in [2.24, 2.45) is 4.99 Å². The highest BCUT2D eigenvalue weighted by Crippen LogP contribution is 2.25. The van der Waals surface area contributed by atoms with E-state index in [0.717, 1.165) is 5.56 Å². The second kappa shape index (κ2) is 9.96. The molecule has 142 valence electrons. The van der Waals surface area contributed by atoms with E-state index in [-0.39, 0.29) is 12.3 Å². The van der Waals surface area contributed by atoms with Gasteiger partial charge >= 0.3 is 6.61 Å². The molecule has 0 saturated carbocycles. The van der Waals surface area contributed by atoms with Crippen LogP contribution in [0.4, 0.5) is 8.78 Å². The predicted octanol–water partition coefficient (Wildman–Crippen LogP) is 3.20. The number of rotatable bonds is 8. The molecule has 0 aliphatic heterocycles. The number of nitrogens with zero attached hydrogens (tertiary/aromatic N) is 3. The van der Waals surface area contributed by atoms with Crippen molar-refractivity contribution in [3.63, 3.8) is 0 Å². The van der Waals surface area contributed by atoms with E-state index in [1.807, 2.05) is 24.7 Å². The van der Waals surface area contributed by atoms with E-state index < -0.39 is 6.61 Å². The van der Waals surface area contributed by atoms with E-state index >= 15 is 0 Å². The van der Waals surface area contributed by atoms with Gasteiger partial charge in [0.15, 0.2) is 5.96 Å². The lowest BCUT2D eigenvalue weighted by molar-refractivity contribution is -0.0504. The Kier molecular flexibility index (Phi) is 7.65. The van der Waals surface area contributed by atoms with Crippen molar-refractivity contribution >= 4 is 17.6 Å². The summed E-state index contributed by atoms with van der Waals surface area (Å²) in [6.07, 6.45) is 3.74. The third kappa shape index (κ3) is 6.51. The molecule has 1 aromatic heterocycles. The number of ether oxygens (including phenoxy) is 1. The smallest absolute Gasteiger partial charge is 0.387 e. The second-order valence-corrected chi connectivity index (χ2v) is 5.97. The summed E-state index contributed by atoms with van der Waals surface area (Å²) < 4.78 is 31.4. The first-order chi connectivity index (χ1) is 12.5. The van der Waals surface area contributed by atoms with E-state index in [4.69, 9.17) is 11.6 Å². The Bertz CT molecular complexity index is 736. The number of halogens is 3. The van der Waals surface area contributed by atoms with Gasteiger partial charge in [0, 0.05) is 29.9 Å². The van der Waals surface area contributed by atoms with Gasteiger partial charge in [0.25, 0.3) is 0 Å². The summed E-state index contributed by atoms with van der Waals surface area (Å²) in [7, 11) is 0. The minimum atomic E-state index is -2.90. The van der Waals surface area contributed by atoms with Crippen LogP contribution in [0.5, 0.6) is 5.75 Å². The van der Waals surface area contributed by atoms with Gasteiger partial charge in [-0.1, -0.05) is 11.6 Å². The molecule has 0 unspecified atom stereocenters. The summed E-state index contributed by atoms with van der Waals surface area (Å²) in [5.41, 5.74) is 1.58. The average molecular weight is 386 g/mol. The first kappa shape index (κ1) is 20.0. The van der Waals surface area contributed by atoms with E-state index in [2.05, 4.69) is 25.5 Å². The van der Waals surface area contributed by atoms with Crippen molar-refractivity contribution < 1.29 is 13.5 Å². The molecule has 2 N–H and O–H groups in total. The quantitative estimate of drug-likeness (QED) is 0.541. The van der Waals surface area contributed by atoms with Crippen LogP contribution < -0.4 is 15.4 Å². The lowest BCUT2D eigenvalue weighted by Gasteiger charge is -2.13. The molecule has 0 aliphatic rings. The fraction of sp³-hybridized carbons (Fsp3) is 0.412. The van der Waals surface area contributed by atoms with Crippen molar-refractivity contribution in [1.82, 2.24) is 20.4 Å². The molecule has 0 bridgehead atoms. The van der Waals surface area contributed by atoms with Gasteiger partial charge < -0.3 is 15.4 Å². The molecule has 0 amide bonds. The van der Waals surface area contributed by atoms with Crippen LogP contribution in [-0.4, -0.2) is 35.4 Å². The third-order valence-electron chi connectivity index (χ3n) is 3.39. The number of nitrogens with one attached hydrogen (secondary N) is 2. The van der Waals surface area contributed by atoms with Crippen molar-refractivity contribution in [3.8, 4) is 5.75 Å². The fourth-order valence-corrected chi connectivity index (χ4v) is 2.46. The Morgan fingerprint density at radius 3 is 2.85 bits per heavy atom. The minimum absolute atomic E-state index is 0.0658. The highest BCUT2D eigenvalue weighted by Gasteiger charge is 2.10. The molecule has 1 aromatic carbocycles. The molecule has 0 radical (unpaired) electrons. The fourth-order valence-electron chi connectivity index (χ4n) is 2.27. The maximum absolute atomic E-state index is 12.5. The van der Waals surface area contributed by atoms with Crippen molar-refractivity contribution in [2.45, 2.75) is 33.5 Å². The maximum Gasteiger partial charge on any atom is 0.387 e. The molecule has 0 aliphatic carbocycles. The largest absolute Gasteiger partial charge is 0.434 e. The predicted molar refractivity (Wildman–Crippen MR) is 97.9 cm³/mol. The Morgan fingerprint density at radius 2 is 2.19 bits per heavy atom. The lowest BCUT2D eigenvalue weighted by atomic mass is 10.2. The molecule has 6 nitrogen and oxygen atoms in total. The molecule has 0 fully saturated rings. The second-order valence-electron chi connectivity index (χ2n) is 5.53. The highest BCUT2D eigenvalue weighted by molar-refractivity contribution is 6.30. The first-order valence-corrected chi connectivity index (χ1v) is 8.60. The molecular weight excluding hydrogens is 364 g/mol. The SMILES string of the molecule is CCNC(=NCc1cc(Cl)ccc1OC(F)F)NCCn1cc(C)cn1. The molecule has 2 aromatic rings. The number of aromatic nitrogens is 2. The highest BCUT2D eigenvalue weighted by atomic mass is 35.5. The zero-order chi connectivity index (χ0) is 18.9. The molecule has 26 heavy (non-hydrogen) atoms. The van der Waals surface area contributed by atoms with Crippen LogP contribution in [-0.2, 0) is 13.1 Å². The number of aliphatic imine (C=N–C) groups is 1. The number of hydrogen-bond acceptors (Lipinski definition) is 3. The van der Waals surface area contributed by atoms with Gasteiger partial charge in [-0.15, -0.1) is 0 Å². The van der Waals surface area contributed by atoms with Crippen molar-refractivity contribution in [3.05, 3.63) is 46.7 Å². The lowest BCUT2D eigenvalue weighted by Crippen LogP contribution is -2.38. The topological polar surface area (TPSA) is 63.5 Å². The maximum atomic E-state index is 12.5. The molecule has 0 atom stereocenters. The van der Waals surface area contributed by atoms with E-state index in [0.29, 0.717) is 36.2 Å². The van der Waals surface area contributed by atoms with Crippen molar-refractivity contribution in [1.29, 1.82) is 0 Å². The number of benzene rings is 1. The van der Waals surface area contributed by atoms with Gasteiger partial charge in [-0.05, 0) is 37.6 Å². The van der Waals surface area contributed by atoms with Gasteiger partial charge in [-0.3, -0.25) is 4.68 Å². The molecule has 2 rings (SSSR count). The van der Waals surface area contributed by atoms with E-state index in [1.54, 1.807) is 12.3 Å². The van der Waals surface area contributed by atoms with Crippen LogP contribution >= 0.6 is 11.6 Å². The third-order valence-corrected chi connectivity index (χ3v) is 3.62. The van der Waals surface area contributed by atoms with Crippen LogP contribution in [0.15, 0.2) is 35.6 Å². The summed E-state index contributed by atoms with van der Waals surface area (Å²) in [5, 5.41) is 10.9. The first-order valence-electron chi connectivity index (χ1n) is 8.22. The van der Waals surface area contributed by atoms with Gasteiger partial charge in [0.2, 0.25) is 0 Å². The molecular formula is C17H22ClF2N5O. The van der Waals surface area contributed by atoms with Gasteiger partial charge in [-0.2, -0.15) is 13.9 Å². The van der Waals surface area contributed by atoms with Crippen LogP contribution in [0.2, 0.25) is 5.02 Å². The van der Waals surface area contributed by atoms with Crippen LogP contribution in [0.25, 0.3) is 0 Å². The van der Waals surface area contributed by atoms with Gasteiger partial charge in [-0.25, -0.2) is 4.99 Å². The Morgan fingerprint density at radius 1 is 1.38 bits per heavy atom. The summed E-state index contributed by atoms with van der Waals surface area (Å²) in [4.78, 5) is 4.41. The Labute approximate surface area is 156 Å². The number of guanidine groups is 1. The van der Waals surface area contributed by atoms with E-state index in [1.165, 1.54) is 12.1 Å². The van der Waals surface area contributed by atoms with Crippen LogP contribution in [0, 0.1) is 6.92 Å². The number of alkyl halides is 2. The van der Waals surface area contributed by atoms with E-state index in [9.17, 15) is 8.78 Å². The number of hydrogen-bond donors (Lipinski definition) is 2. The normalized spacial score (nSPS) is 11.7. The zero-order valence-electron chi connectivity index (χ0n) is 14.7. The van der Waals surface area contributed by atoms with Gasteiger partial charge in [0.1, 0.15) is 5.75 Å². The average Bonchev–Trinajstić information content (AvgIpc) is 2.99. The summed E-state index contributed by atoms with van der Waals surface area (Å²) >= 11 is 5.95. The summed E-state index contributed by atoms with van der Waals surface area (Å²) in [5.74, 6) is 0.635. The van der Waals surface area contributed by atoms with Crippen molar-refractivity contribution in [2.75, 3.05) is 13.1 Å².